The molecule has 2 N–H and O–H groups in total. The minimum atomic E-state index is -3.40. The zero-order valence-corrected chi connectivity index (χ0v) is 12.3. The summed E-state index contributed by atoms with van der Waals surface area (Å²) < 4.78 is 26.9. The summed E-state index contributed by atoms with van der Waals surface area (Å²) in [5, 5.41) is 0. The molecule has 1 aromatic rings. The molecule has 1 aromatic carbocycles. The van der Waals surface area contributed by atoms with E-state index in [1.165, 1.54) is 0 Å². The lowest BCUT2D eigenvalue weighted by Crippen LogP contribution is -2.47. The monoisotopic (exact) mass is 283 g/mol. The van der Waals surface area contributed by atoms with Gasteiger partial charge >= 0.3 is 0 Å². The lowest BCUT2D eigenvalue weighted by molar-refractivity contribution is 0.222. The number of rotatable bonds is 3. The smallest absolute Gasteiger partial charge is 0.243 e. The molecule has 0 aromatic heterocycles. The van der Waals surface area contributed by atoms with Gasteiger partial charge in [0.15, 0.2) is 0 Å². The number of likely N-dealkylation sites (N-methyl/N-ethyl adjacent to an activating group) is 1. The largest absolute Gasteiger partial charge is 0.326 e. The predicted octanol–water partition coefficient (Wildman–Crippen LogP) is 0.390. The summed E-state index contributed by atoms with van der Waals surface area (Å²) in [5.74, 6) is 0. The van der Waals surface area contributed by atoms with Crippen LogP contribution in [0.4, 0.5) is 0 Å². The van der Waals surface area contributed by atoms with Crippen molar-refractivity contribution < 1.29 is 8.42 Å². The van der Waals surface area contributed by atoms with Gasteiger partial charge in [-0.2, -0.15) is 4.31 Å². The summed E-state index contributed by atoms with van der Waals surface area (Å²) in [5.41, 5.74) is 7.21. The first-order valence-electron chi connectivity index (χ1n) is 6.43. The molecule has 1 saturated heterocycles. The zero-order valence-electron chi connectivity index (χ0n) is 11.5. The maximum absolute atomic E-state index is 12.6. The maximum Gasteiger partial charge on any atom is 0.243 e. The fourth-order valence-electron chi connectivity index (χ4n) is 2.22. The average molecular weight is 283 g/mol. The van der Waals surface area contributed by atoms with E-state index in [4.69, 9.17) is 5.73 Å². The van der Waals surface area contributed by atoms with Crippen LogP contribution in [0.1, 0.15) is 11.1 Å². The van der Waals surface area contributed by atoms with Crippen LogP contribution in [-0.2, 0) is 16.6 Å². The molecule has 0 atom stereocenters. The van der Waals surface area contributed by atoms with Gasteiger partial charge in [-0.15, -0.1) is 0 Å². The first-order chi connectivity index (χ1) is 8.95. The molecule has 6 heteroatoms. The minimum absolute atomic E-state index is 0.353. The third-order valence-electron chi connectivity index (χ3n) is 3.57. The van der Waals surface area contributed by atoms with Crippen molar-refractivity contribution in [2.75, 3.05) is 33.2 Å². The van der Waals surface area contributed by atoms with Crippen LogP contribution in [0.25, 0.3) is 0 Å². The van der Waals surface area contributed by atoms with Gasteiger partial charge in [-0.3, -0.25) is 0 Å². The van der Waals surface area contributed by atoms with E-state index < -0.39 is 10.0 Å². The van der Waals surface area contributed by atoms with E-state index in [1.54, 1.807) is 10.4 Å². The first-order valence-corrected chi connectivity index (χ1v) is 7.87. The van der Waals surface area contributed by atoms with Gasteiger partial charge in [-0.1, -0.05) is 12.1 Å². The van der Waals surface area contributed by atoms with Gasteiger partial charge in [0.2, 0.25) is 10.0 Å². The van der Waals surface area contributed by atoms with E-state index in [0.29, 0.717) is 24.5 Å². The molecule has 0 unspecified atom stereocenters. The first kappa shape index (κ1) is 14.5. The molecule has 5 nitrogen and oxygen atoms in total. The van der Waals surface area contributed by atoms with E-state index in [-0.39, 0.29) is 0 Å². The Labute approximate surface area is 115 Å². The van der Waals surface area contributed by atoms with E-state index in [2.05, 4.69) is 4.90 Å². The molecule has 19 heavy (non-hydrogen) atoms. The van der Waals surface area contributed by atoms with Crippen LogP contribution in [0.3, 0.4) is 0 Å². The van der Waals surface area contributed by atoms with Crippen LogP contribution in [-0.4, -0.2) is 50.8 Å². The highest BCUT2D eigenvalue weighted by Gasteiger charge is 2.28. The van der Waals surface area contributed by atoms with Crippen LogP contribution >= 0.6 is 0 Å². The molecular formula is C13H21N3O2S. The van der Waals surface area contributed by atoms with Crippen molar-refractivity contribution in [3.8, 4) is 0 Å². The molecule has 0 spiro atoms. The predicted molar refractivity (Wildman–Crippen MR) is 75.3 cm³/mol. The third-order valence-corrected chi connectivity index (χ3v) is 5.61. The van der Waals surface area contributed by atoms with Gasteiger partial charge in [0.05, 0.1) is 4.90 Å². The number of nitrogens with zero attached hydrogens (tertiary/aromatic N) is 2. The third kappa shape index (κ3) is 2.97. The Bertz CT molecular complexity index is 549. The van der Waals surface area contributed by atoms with Gasteiger partial charge in [0, 0.05) is 32.7 Å². The Morgan fingerprint density at radius 1 is 1.21 bits per heavy atom. The van der Waals surface area contributed by atoms with Gasteiger partial charge < -0.3 is 10.6 Å². The number of aryl methyl sites for hydroxylation is 1. The highest BCUT2D eigenvalue weighted by atomic mass is 32.2. The molecule has 0 aliphatic carbocycles. The molecule has 106 valence electrons. The SMILES string of the molecule is Cc1ccc(CN)cc1S(=O)(=O)N1CCN(C)CC1. The van der Waals surface area contributed by atoms with Crippen molar-refractivity contribution in [3.05, 3.63) is 29.3 Å². The van der Waals surface area contributed by atoms with Crippen molar-refractivity contribution in [3.63, 3.8) is 0 Å². The van der Waals surface area contributed by atoms with Crippen LogP contribution in [0.5, 0.6) is 0 Å². The highest BCUT2D eigenvalue weighted by molar-refractivity contribution is 7.89. The Balaban J connectivity index is 2.34. The van der Waals surface area contributed by atoms with Crippen molar-refractivity contribution >= 4 is 10.0 Å². The average Bonchev–Trinajstić information content (AvgIpc) is 2.39. The summed E-state index contributed by atoms with van der Waals surface area (Å²) in [6.45, 7) is 4.81. The quantitative estimate of drug-likeness (QED) is 0.871. The van der Waals surface area contributed by atoms with E-state index in [0.717, 1.165) is 24.2 Å². The second-order valence-corrected chi connectivity index (χ2v) is 6.92. The molecule has 1 heterocycles. The summed E-state index contributed by atoms with van der Waals surface area (Å²) in [6, 6.07) is 5.40. The van der Waals surface area contributed by atoms with Gasteiger partial charge in [0.25, 0.3) is 0 Å². The number of piperazine rings is 1. The molecule has 1 aliphatic rings. The Hall–Kier alpha value is -0.950. The fourth-order valence-corrected chi connectivity index (χ4v) is 3.91. The number of hydrogen-bond donors (Lipinski definition) is 1. The number of benzene rings is 1. The van der Waals surface area contributed by atoms with Crippen molar-refractivity contribution in [2.45, 2.75) is 18.4 Å². The summed E-state index contributed by atoms with van der Waals surface area (Å²) in [7, 11) is -1.39. The van der Waals surface area contributed by atoms with Crippen molar-refractivity contribution in [2.24, 2.45) is 5.73 Å². The van der Waals surface area contributed by atoms with Crippen molar-refractivity contribution in [1.29, 1.82) is 0 Å². The molecule has 0 radical (unpaired) electrons. The second-order valence-electron chi connectivity index (χ2n) is 5.01. The van der Waals surface area contributed by atoms with Crippen LogP contribution in [0, 0.1) is 6.92 Å². The Morgan fingerprint density at radius 2 is 1.84 bits per heavy atom. The minimum Gasteiger partial charge on any atom is -0.326 e. The second kappa shape index (κ2) is 5.58. The van der Waals surface area contributed by atoms with E-state index in [9.17, 15) is 8.42 Å². The van der Waals surface area contributed by atoms with Gasteiger partial charge in [-0.25, -0.2) is 8.42 Å². The summed E-state index contributed by atoms with van der Waals surface area (Å²) in [6.07, 6.45) is 0. The summed E-state index contributed by atoms with van der Waals surface area (Å²) in [4.78, 5) is 2.52. The van der Waals surface area contributed by atoms with Crippen molar-refractivity contribution in [1.82, 2.24) is 9.21 Å². The lowest BCUT2D eigenvalue weighted by Gasteiger charge is -2.32. The fraction of sp³-hybridized carbons (Fsp3) is 0.538. The molecule has 2 rings (SSSR count). The molecular weight excluding hydrogens is 262 g/mol. The Morgan fingerprint density at radius 3 is 2.42 bits per heavy atom. The molecule has 0 bridgehead atoms. The van der Waals surface area contributed by atoms with Gasteiger partial charge in [0.1, 0.15) is 0 Å². The maximum atomic E-state index is 12.6. The summed E-state index contributed by atoms with van der Waals surface area (Å²) >= 11 is 0. The normalized spacial score (nSPS) is 18.7. The molecule has 0 amide bonds. The molecule has 1 aliphatic heterocycles. The number of sulfonamides is 1. The lowest BCUT2D eigenvalue weighted by atomic mass is 10.1. The topological polar surface area (TPSA) is 66.6 Å². The Kier molecular flexibility index (Phi) is 4.25. The van der Waals surface area contributed by atoms with E-state index in [1.807, 2.05) is 26.1 Å². The standard InChI is InChI=1S/C13H21N3O2S/c1-11-3-4-12(10-14)9-13(11)19(17,18)16-7-5-15(2)6-8-16/h3-4,9H,5-8,10,14H2,1-2H3. The van der Waals surface area contributed by atoms with Crippen LogP contribution in [0.2, 0.25) is 0 Å². The zero-order chi connectivity index (χ0) is 14.0. The van der Waals surface area contributed by atoms with E-state index >= 15 is 0 Å². The highest BCUT2D eigenvalue weighted by Crippen LogP contribution is 2.22. The molecule has 1 fully saturated rings. The van der Waals surface area contributed by atoms with Crippen LogP contribution < -0.4 is 5.73 Å². The number of nitrogens with two attached hydrogens (primary N) is 1. The number of hydrogen-bond acceptors (Lipinski definition) is 4. The molecule has 0 saturated carbocycles. The van der Waals surface area contributed by atoms with Crippen LogP contribution in [0.15, 0.2) is 23.1 Å². The van der Waals surface area contributed by atoms with Gasteiger partial charge in [-0.05, 0) is 31.2 Å².